The predicted octanol–water partition coefficient (Wildman–Crippen LogP) is 5.03. The van der Waals surface area contributed by atoms with Crippen molar-refractivity contribution in [3.8, 4) is 0 Å². The minimum atomic E-state index is -1.98. The van der Waals surface area contributed by atoms with Gasteiger partial charge in [0.05, 0.1) is 5.66 Å². The van der Waals surface area contributed by atoms with Crippen molar-refractivity contribution in [2.24, 2.45) is 0 Å². The van der Waals surface area contributed by atoms with Crippen molar-refractivity contribution in [1.29, 1.82) is 0 Å². The SMILES string of the molecule is Cc1cccc(C)c1C(=O)[P](=O)C(C)c1ccccc1. The molecular formula is C17H18O2P. The molecule has 103 valence electrons. The maximum atomic E-state index is 12.5. The van der Waals surface area contributed by atoms with E-state index in [9.17, 15) is 9.36 Å². The van der Waals surface area contributed by atoms with E-state index in [0.717, 1.165) is 16.7 Å². The summed E-state index contributed by atoms with van der Waals surface area (Å²) in [5.74, 6) is 0. The molecule has 0 bridgehead atoms. The third-order valence-corrected chi connectivity index (χ3v) is 5.15. The maximum Gasteiger partial charge on any atom is 0.242 e. The fraction of sp³-hybridized carbons (Fsp3) is 0.235. The van der Waals surface area contributed by atoms with Crippen LogP contribution in [0, 0.1) is 13.8 Å². The molecule has 0 N–H and O–H groups in total. The van der Waals surface area contributed by atoms with E-state index in [2.05, 4.69) is 0 Å². The molecule has 2 aromatic rings. The highest BCUT2D eigenvalue weighted by Crippen LogP contribution is 2.44. The fourth-order valence-corrected chi connectivity index (χ4v) is 3.67. The molecular weight excluding hydrogens is 267 g/mol. The Morgan fingerprint density at radius 3 is 2.05 bits per heavy atom. The smallest absolute Gasteiger partial charge is 0.242 e. The largest absolute Gasteiger partial charge is 0.281 e. The molecule has 0 saturated carbocycles. The highest BCUT2D eigenvalue weighted by Gasteiger charge is 2.25. The van der Waals surface area contributed by atoms with E-state index < -0.39 is 7.80 Å². The minimum Gasteiger partial charge on any atom is -0.281 e. The van der Waals surface area contributed by atoms with Crippen LogP contribution in [0.1, 0.15) is 39.6 Å². The van der Waals surface area contributed by atoms with Crippen molar-refractivity contribution in [2.45, 2.75) is 26.4 Å². The summed E-state index contributed by atoms with van der Waals surface area (Å²) < 4.78 is 12.5. The lowest BCUT2D eigenvalue weighted by Gasteiger charge is -2.13. The van der Waals surface area contributed by atoms with Crippen molar-refractivity contribution in [3.05, 3.63) is 70.8 Å². The maximum absolute atomic E-state index is 12.5. The van der Waals surface area contributed by atoms with Crippen LogP contribution in [0.2, 0.25) is 0 Å². The van der Waals surface area contributed by atoms with Gasteiger partial charge in [0.1, 0.15) is 0 Å². The van der Waals surface area contributed by atoms with Gasteiger partial charge in [-0.2, -0.15) is 0 Å². The molecule has 0 aliphatic carbocycles. The van der Waals surface area contributed by atoms with Gasteiger partial charge < -0.3 is 0 Å². The van der Waals surface area contributed by atoms with Gasteiger partial charge in [-0.05, 0) is 37.5 Å². The lowest BCUT2D eigenvalue weighted by atomic mass is 10.0. The second kappa shape index (κ2) is 6.11. The van der Waals surface area contributed by atoms with Gasteiger partial charge in [-0.1, -0.05) is 48.5 Å². The molecule has 20 heavy (non-hydrogen) atoms. The first-order valence-corrected chi connectivity index (χ1v) is 7.97. The number of carbonyl (C=O) groups excluding carboxylic acids is 1. The second-order valence-electron chi connectivity index (χ2n) is 4.98. The summed E-state index contributed by atoms with van der Waals surface area (Å²) in [6.07, 6.45) is 0. The number of hydrogen-bond donors (Lipinski definition) is 0. The topological polar surface area (TPSA) is 34.1 Å². The van der Waals surface area contributed by atoms with Gasteiger partial charge in [0.15, 0.2) is 7.80 Å². The predicted molar refractivity (Wildman–Crippen MR) is 82.7 cm³/mol. The highest BCUT2D eigenvalue weighted by atomic mass is 31.1. The van der Waals surface area contributed by atoms with Crippen LogP contribution in [0.15, 0.2) is 48.5 Å². The molecule has 3 heteroatoms. The van der Waals surface area contributed by atoms with Crippen LogP contribution in [0.5, 0.6) is 0 Å². The van der Waals surface area contributed by atoms with Gasteiger partial charge in [-0.3, -0.25) is 9.36 Å². The molecule has 2 atom stereocenters. The Hall–Kier alpha value is -1.79. The van der Waals surface area contributed by atoms with E-state index in [1.165, 1.54) is 0 Å². The molecule has 0 aromatic heterocycles. The van der Waals surface area contributed by atoms with Crippen LogP contribution in [0.25, 0.3) is 0 Å². The Morgan fingerprint density at radius 2 is 1.50 bits per heavy atom. The Morgan fingerprint density at radius 1 is 0.950 bits per heavy atom. The summed E-state index contributed by atoms with van der Waals surface area (Å²) in [7, 11) is -1.98. The van der Waals surface area contributed by atoms with Crippen LogP contribution in [-0.4, -0.2) is 5.52 Å². The number of rotatable bonds is 4. The normalized spacial score (nSPS) is 12.8. The molecule has 2 unspecified atom stereocenters. The average Bonchev–Trinajstić information content (AvgIpc) is 2.46. The van der Waals surface area contributed by atoms with Crippen molar-refractivity contribution in [2.75, 3.05) is 0 Å². The lowest BCUT2D eigenvalue weighted by Crippen LogP contribution is -2.03. The molecule has 0 spiro atoms. The molecule has 0 saturated heterocycles. The molecule has 0 heterocycles. The minimum absolute atomic E-state index is 0.244. The number of benzene rings is 2. The van der Waals surface area contributed by atoms with Crippen LogP contribution in [0.4, 0.5) is 0 Å². The summed E-state index contributed by atoms with van der Waals surface area (Å²) in [5, 5.41) is 0. The number of carbonyl (C=O) groups is 1. The summed E-state index contributed by atoms with van der Waals surface area (Å²) in [5.41, 5.74) is 2.81. The van der Waals surface area contributed by atoms with E-state index in [0.29, 0.717) is 5.56 Å². The standard InChI is InChI=1S/C17H18O2P/c1-12-8-7-9-13(2)16(12)17(18)20(19)14(3)15-10-5-4-6-11-15/h4-11,14H,1-3H3. The first kappa shape index (κ1) is 14.6. The monoisotopic (exact) mass is 285 g/mol. The molecule has 2 aromatic carbocycles. The quantitative estimate of drug-likeness (QED) is 0.738. The van der Waals surface area contributed by atoms with E-state index in [-0.39, 0.29) is 11.2 Å². The molecule has 0 aliphatic heterocycles. The van der Waals surface area contributed by atoms with Crippen LogP contribution >= 0.6 is 7.80 Å². The van der Waals surface area contributed by atoms with Crippen LogP contribution in [-0.2, 0) is 4.57 Å². The summed E-state index contributed by atoms with van der Waals surface area (Å²) in [6, 6.07) is 15.2. The molecule has 0 amide bonds. The van der Waals surface area contributed by atoms with Crippen LogP contribution in [0.3, 0.4) is 0 Å². The van der Waals surface area contributed by atoms with Crippen LogP contribution < -0.4 is 0 Å². The van der Waals surface area contributed by atoms with Crippen molar-refractivity contribution in [3.63, 3.8) is 0 Å². The summed E-state index contributed by atoms with van der Waals surface area (Å²) in [4.78, 5) is 12.5. The molecule has 0 aliphatic rings. The zero-order chi connectivity index (χ0) is 14.7. The average molecular weight is 285 g/mol. The number of aryl methyl sites for hydroxylation is 2. The van der Waals surface area contributed by atoms with E-state index in [4.69, 9.17) is 0 Å². The van der Waals surface area contributed by atoms with Gasteiger partial charge in [-0.15, -0.1) is 0 Å². The van der Waals surface area contributed by atoms with Gasteiger partial charge in [-0.25, -0.2) is 0 Å². The van der Waals surface area contributed by atoms with Gasteiger partial charge in [0.2, 0.25) is 5.52 Å². The van der Waals surface area contributed by atoms with Gasteiger partial charge in [0, 0.05) is 5.56 Å². The Kier molecular flexibility index (Phi) is 4.46. The van der Waals surface area contributed by atoms with Gasteiger partial charge >= 0.3 is 0 Å². The Bertz CT molecular complexity index is 627. The zero-order valence-electron chi connectivity index (χ0n) is 12.0. The van der Waals surface area contributed by atoms with Gasteiger partial charge in [0.25, 0.3) is 0 Å². The summed E-state index contributed by atoms with van der Waals surface area (Å²) >= 11 is 0. The van der Waals surface area contributed by atoms with Crippen molar-refractivity contribution in [1.82, 2.24) is 0 Å². The molecule has 0 fully saturated rings. The summed E-state index contributed by atoms with van der Waals surface area (Å²) in [6.45, 7) is 5.62. The zero-order valence-corrected chi connectivity index (χ0v) is 12.9. The second-order valence-corrected chi connectivity index (χ2v) is 6.82. The Balaban J connectivity index is 2.32. The van der Waals surface area contributed by atoms with E-state index in [1.54, 1.807) is 0 Å². The molecule has 2 nitrogen and oxygen atoms in total. The Labute approximate surface area is 120 Å². The van der Waals surface area contributed by atoms with Crippen molar-refractivity contribution < 1.29 is 9.36 Å². The fourth-order valence-electron chi connectivity index (χ4n) is 2.30. The third kappa shape index (κ3) is 2.86. The third-order valence-electron chi connectivity index (χ3n) is 3.53. The van der Waals surface area contributed by atoms with Crippen molar-refractivity contribution >= 4 is 13.3 Å². The molecule has 2 rings (SSSR count). The first-order chi connectivity index (χ1) is 9.52. The molecule has 1 radical (unpaired) electrons. The van der Waals surface area contributed by atoms with E-state index in [1.807, 2.05) is 69.3 Å². The van der Waals surface area contributed by atoms with E-state index >= 15 is 0 Å². The lowest BCUT2D eigenvalue weighted by molar-refractivity contribution is 0.107. The number of hydrogen-bond acceptors (Lipinski definition) is 2. The first-order valence-electron chi connectivity index (χ1n) is 6.64. The highest BCUT2D eigenvalue weighted by molar-refractivity contribution is 7.64.